The van der Waals surface area contributed by atoms with Crippen molar-refractivity contribution in [1.29, 1.82) is 0 Å². The summed E-state index contributed by atoms with van der Waals surface area (Å²) in [5.74, 6) is 0.595. The molecular formula is C15H23ClN2O2. The number of methoxy groups -OCH3 is 1. The molecule has 0 radical (unpaired) electrons. The molecule has 0 aromatic heterocycles. The first-order valence-corrected chi connectivity index (χ1v) is 7.17. The Morgan fingerprint density at radius 2 is 2.05 bits per heavy atom. The third-order valence-electron chi connectivity index (χ3n) is 3.25. The minimum Gasteiger partial charge on any atom is -0.495 e. The number of nitrogens with one attached hydrogen (secondary N) is 2. The number of ether oxygens (including phenoxy) is 1. The maximum absolute atomic E-state index is 12.0. The number of rotatable bonds is 6. The molecule has 2 N–H and O–H groups in total. The van der Waals surface area contributed by atoms with Crippen molar-refractivity contribution in [3.8, 4) is 5.75 Å². The van der Waals surface area contributed by atoms with Gasteiger partial charge in [0.05, 0.1) is 12.8 Å². The maximum atomic E-state index is 12.0. The highest BCUT2D eigenvalue weighted by Gasteiger charge is 2.16. The highest BCUT2D eigenvalue weighted by Crippen LogP contribution is 2.31. The number of halogens is 1. The molecule has 0 fully saturated rings. The molecule has 112 valence electrons. The first-order chi connectivity index (χ1) is 9.38. The number of amides is 1. The Morgan fingerprint density at radius 3 is 2.60 bits per heavy atom. The van der Waals surface area contributed by atoms with Crippen molar-refractivity contribution < 1.29 is 9.53 Å². The van der Waals surface area contributed by atoms with Crippen LogP contribution >= 0.6 is 11.6 Å². The summed E-state index contributed by atoms with van der Waals surface area (Å²) in [5, 5.41) is 6.75. The second kappa shape index (κ2) is 7.39. The van der Waals surface area contributed by atoms with Crippen LogP contribution in [0.1, 0.15) is 32.8 Å². The summed E-state index contributed by atoms with van der Waals surface area (Å²) in [6.07, 6.45) is 0.905. The van der Waals surface area contributed by atoms with E-state index in [1.807, 2.05) is 33.8 Å². The van der Waals surface area contributed by atoms with E-state index in [4.69, 9.17) is 16.3 Å². The normalized spacial score (nSPS) is 13.5. The summed E-state index contributed by atoms with van der Waals surface area (Å²) in [4.78, 5) is 12.0. The van der Waals surface area contributed by atoms with Gasteiger partial charge in [0.25, 0.3) is 0 Å². The zero-order valence-corrected chi connectivity index (χ0v) is 13.5. The summed E-state index contributed by atoms with van der Waals surface area (Å²) in [5.41, 5.74) is 1.70. The third kappa shape index (κ3) is 4.30. The molecule has 20 heavy (non-hydrogen) atoms. The summed E-state index contributed by atoms with van der Waals surface area (Å²) in [6.45, 7) is 7.75. The number of carbonyl (C=O) groups is 1. The Labute approximate surface area is 125 Å². The van der Waals surface area contributed by atoms with Crippen molar-refractivity contribution in [3.05, 3.63) is 22.7 Å². The van der Waals surface area contributed by atoms with Crippen LogP contribution in [0.25, 0.3) is 0 Å². The lowest BCUT2D eigenvalue weighted by molar-refractivity contribution is -0.122. The monoisotopic (exact) mass is 298 g/mol. The highest BCUT2D eigenvalue weighted by molar-refractivity contribution is 6.31. The van der Waals surface area contributed by atoms with Crippen LogP contribution in [0.15, 0.2) is 12.1 Å². The van der Waals surface area contributed by atoms with Crippen LogP contribution in [-0.4, -0.2) is 25.1 Å². The maximum Gasteiger partial charge on any atom is 0.242 e. The van der Waals surface area contributed by atoms with Gasteiger partial charge in [0.2, 0.25) is 5.91 Å². The fourth-order valence-corrected chi connectivity index (χ4v) is 1.87. The van der Waals surface area contributed by atoms with Gasteiger partial charge in [-0.05, 0) is 38.8 Å². The third-order valence-corrected chi connectivity index (χ3v) is 3.65. The number of aryl methyl sites for hydroxylation is 1. The zero-order chi connectivity index (χ0) is 15.3. The Balaban J connectivity index is 2.82. The second-order valence-electron chi connectivity index (χ2n) is 4.99. The van der Waals surface area contributed by atoms with E-state index in [0.29, 0.717) is 10.8 Å². The molecule has 0 saturated carbocycles. The Hall–Kier alpha value is -1.42. The van der Waals surface area contributed by atoms with E-state index < -0.39 is 0 Å². The average molecular weight is 299 g/mol. The van der Waals surface area contributed by atoms with Gasteiger partial charge in [-0.2, -0.15) is 0 Å². The van der Waals surface area contributed by atoms with Gasteiger partial charge in [-0.3, -0.25) is 4.79 Å². The van der Waals surface area contributed by atoms with Crippen LogP contribution in [0.2, 0.25) is 5.02 Å². The average Bonchev–Trinajstić information content (AvgIpc) is 2.42. The molecule has 5 heteroatoms. The van der Waals surface area contributed by atoms with Gasteiger partial charge in [-0.1, -0.05) is 18.5 Å². The number of carbonyl (C=O) groups excluding carboxylic acids is 1. The lowest BCUT2D eigenvalue weighted by Gasteiger charge is -2.20. The van der Waals surface area contributed by atoms with Crippen molar-refractivity contribution in [2.24, 2.45) is 0 Å². The molecule has 0 bridgehead atoms. The van der Waals surface area contributed by atoms with Crippen molar-refractivity contribution in [2.75, 3.05) is 12.4 Å². The smallest absolute Gasteiger partial charge is 0.242 e. The predicted molar refractivity (Wildman–Crippen MR) is 83.7 cm³/mol. The number of hydrogen-bond acceptors (Lipinski definition) is 3. The van der Waals surface area contributed by atoms with E-state index in [2.05, 4.69) is 10.6 Å². The van der Waals surface area contributed by atoms with Gasteiger partial charge < -0.3 is 15.4 Å². The van der Waals surface area contributed by atoms with Crippen LogP contribution in [0, 0.1) is 6.92 Å². The quantitative estimate of drug-likeness (QED) is 0.846. The molecule has 0 aliphatic carbocycles. The van der Waals surface area contributed by atoms with Gasteiger partial charge in [0.15, 0.2) is 0 Å². The summed E-state index contributed by atoms with van der Waals surface area (Å²) < 4.78 is 5.29. The van der Waals surface area contributed by atoms with Gasteiger partial charge in [-0.25, -0.2) is 0 Å². The molecule has 0 aliphatic heterocycles. The zero-order valence-electron chi connectivity index (χ0n) is 12.7. The van der Waals surface area contributed by atoms with Crippen LogP contribution in [0.3, 0.4) is 0 Å². The van der Waals surface area contributed by atoms with Crippen molar-refractivity contribution in [1.82, 2.24) is 5.32 Å². The summed E-state index contributed by atoms with van der Waals surface area (Å²) >= 11 is 6.06. The molecule has 2 unspecified atom stereocenters. The Kier molecular flexibility index (Phi) is 6.14. The molecule has 0 spiro atoms. The summed E-state index contributed by atoms with van der Waals surface area (Å²) in [6, 6.07) is 3.45. The summed E-state index contributed by atoms with van der Waals surface area (Å²) in [7, 11) is 1.58. The Morgan fingerprint density at radius 1 is 1.40 bits per heavy atom. The molecule has 1 aromatic carbocycles. The number of hydrogen-bond donors (Lipinski definition) is 2. The minimum absolute atomic E-state index is 0.0333. The molecule has 1 amide bonds. The molecule has 0 saturated heterocycles. The van der Waals surface area contributed by atoms with Gasteiger partial charge in [0.1, 0.15) is 11.8 Å². The lowest BCUT2D eigenvalue weighted by Crippen LogP contribution is -2.41. The Bertz CT molecular complexity index is 477. The first kappa shape index (κ1) is 16.6. The topological polar surface area (TPSA) is 50.4 Å². The van der Waals surface area contributed by atoms with Gasteiger partial charge >= 0.3 is 0 Å². The second-order valence-corrected chi connectivity index (χ2v) is 5.39. The van der Waals surface area contributed by atoms with E-state index in [-0.39, 0.29) is 18.0 Å². The molecule has 1 aromatic rings. The lowest BCUT2D eigenvalue weighted by atomic mass is 10.1. The van der Waals surface area contributed by atoms with Crippen LogP contribution < -0.4 is 15.4 Å². The molecule has 0 aliphatic rings. The molecule has 1 rings (SSSR count). The van der Waals surface area contributed by atoms with E-state index in [1.54, 1.807) is 13.2 Å². The van der Waals surface area contributed by atoms with Crippen molar-refractivity contribution >= 4 is 23.2 Å². The van der Waals surface area contributed by atoms with E-state index in [9.17, 15) is 4.79 Å². The highest BCUT2D eigenvalue weighted by atomic mass is 35.5. The SMILES string of the molecule is CCC(C)NC(=O)C(C)Nc1cc(C)c(Cl)cc1OC. The molecule has 2 atom stereocenters. The van der Waals surface area contributed by atoms with Crippen LogP contribution in [0.5, 0.6) is 5.75 Å². The first-order valence-electron chi connectivity index (χ1n) is 6.80. The van der Waals surface area contributed by atoms with Crippen molar-refractivity contribution in [3.63, 3.8) is 0 Å². The standard InChI is InChI=1S/C15H23ClN2O2/c1-6-10(3)17-15(19)11(4)18-13-7-9(2)12(16)8-14(13)20-5/h7-8,10-11,18H,6H2,1-5H3,(H,17,19). The van der Waals surface area contributed by atoms with E-state index >= 15 is 0 Å². The minimum atomic E-state index is -0.349. The van der Waals surface area contributed by atoms with Crippen LogP contribution in [-0.2, 0) is 4.79 Å². The van der Waals surface area contributed by atoms with Gasteiger partial charge in [-0.15, -0.1) is 0 Å². The van der Waals surface area contributed by atoms with E-state index in [0.717, 1.165) is 17.7 Å². The fourth-order valence-electron chi connectivity index (χ4n) is 1.71. The van der Waals surface area contributed by atoms with Crippen molar-refractivity contribution in [2.45, 2.75) is 46.2 Å². The fraction of sp³-hybridized carbons (Fsp3) is 0.533. The van der Waals surface area contributed by atoms with E-state index in [1.165, 1.54) is 0 Å². The molecule has 0 heterocycles. The van der Waals surface area contributed by atoms with Crippen LogP contribution in [0.4, 0.5) is 5.69 Å². The molecule has 4 nitrogen and oxygen atoms in total. The largest absolute Gasteiger partial charge is 0.495 e. The number of benzene rings is 1. The molecular weight excluding hydrogens is 276 g/mol. The number of anilines is 1. The predicted octanol–water partition coefficient (Wildman–Crippen LogP) is 3.37. The van der Waals surface area contributed by atoms with Gasteiger partial charge in [0, 0.05) is 17.1 Å².